The Kier molecular flexibility index (Phi) is 5.80. The summed E-state index contributed by atoms with van der Waals surface area (Å²) in [5, 5.41) is 3.84. The summed E-state index contributed by atoms with van der Waals surface area (Å²) < 4.78 is 28.7. The standard InChI is InChI=1S/C23H21ClN4O2S/c1-15-7-12-19(13-16(15)2)31(29,30)28-23-22(25-14-17-8-10-18(24)11-9-17)26-20-5-3-4-6-21(20)27-23/h3-13H,14H2,1-2H3,(H,25,26)(H,27,28). The van der Waals surface area contributed by atoms with Gasteiger partial charge in [0.25, 0.3) is 10.0 Å². The predicted molar refractivity (Wildman–Crippen MR) is 125 cm³/mol. The molecule has 0 aliphatic heterocycles. The topological polar surface area (TPSA) is 84.0 Å². The van der Waals surface area contributed by atoms with E-state index in [4.69, 9.17) is 11.6 Å². The van der Waals surface area contributed by atoms with E-state index in [0.717, 1.165) is 16.7 Å². The van der Waals surface area contributed by atoms with Crippen LogP contribution < -0.4 is 10.0 Å². The van der Waals surface area contributed by atoms with Crippen LogP contribution in [0.25, 0.3) is 11.0 Å². The Balaban J connectivity index is 1.70. The molecule has 158 valence electrons. The first-order valence-electron chi connectivity index (χ1n) is 9.67. The zero-order valence-corrected chi connectivity index (χ0v) is 18.6. The van der Waals surface area contributed by atoms with Crippen molar-refractivity contribution in [1.82, 2.24) is 9.97 Å². The van der Waals surface area contributed by atoms with E-state index in [1.165, 1.54) is 0 Å². The Hall–Kier alpha value is -3.16. The van der Waals surface area contributed by atoms with Crippen LogP contribution in [0.15, 0.2) is 71.6 Å². The Labute approximate surface area is 186 Å². The van der Waals surface area contributed by atoms with Gasteiger partial charge in [0.05, 0.1) is 15.9 Å². The van der Waals surface area contributed by atoms with Gasteiger partial charge >= 0.3 is 0 Å². The number of nitrogens with zero attached hydrogens (tertiary/aromatic N) is 2. The number of sulfonamides is 1. The molecule has 0 bridgehead atoms. The summed E-state index contributed by atoms with van der Waals surface area (Å²) >= 11 is 5.95. The molecule has 1 heterocycles. The fraction of sp³-hybridized carbons (Fsp3) is 0.130. The number of nitrogens with one attached hydrogen (secondary N) is 2. The third-order valence-electron chi connectivity index (χ3n) is 4.96. The lowest BCUT2D eigenvalue weighted by Crippen LogP contribution is -2.17. The molecule has 4 rings (SSSR count). The third kappa shape index (κ3) is 4.78. The number of aryl methyl sites for hydroxylation is 2. The van der Waals surface area contributed by atoms with Gasteiger partial charge in [-0.15, -0.1) is 0 Å². The van der Waals surface area contributed by atoms with Crippen LogP contribution >= 0.6 is 11.6 Å². The molecule has 0 atom stereocenters. The molecule has 0 amide bonds. The molecule has 0 unspecified atom stereocenters. The molecular formula is C23H21ClN4O2S. The Morgan fingerprint density at radius 1 is 0.839 bits per heavy atom. The fourth-order valence-electron chi connectivity index (χ4n) is 3.05. The molecule has 8 heteroatoms. The molecule has 0 aliphatic carbocycles. The molecule has 4 aromatic rings. The summed E-state index contributed by atoms with van der Waals surface area (Å²) in [6.45, 7) is 4.25. The molecule has 0 radical (unpaired) electrons. The van der Waals surface area contributed by atoms with Gasteiger partial charge in [-0.25, -0.2) is 18.4 Å². The lowest BCUT2D eigenvalue weighted by atomic mass is 10.1. The maximum Gasteiger partial charge on any atom is 0.263 e. The van der Waals surface area contributed by atoms with E-state index < -0.39 is 10.0 Å². The third-order valence-corrected chi connectivity index (χ3v) is 6.55. The van der Waals surface area contributed by atoms with Gasteiger partial charge in [0, 0.05) is 11.6 Å². The zero-order chi connectivity index (χ0) is 22.0. The van der Waals surface area contributed by atoms with Crippen LogP contribution in [0.2, 0.25) is 5.02 Å². The van der Waals surface area contributed by atoms with Gasteiger partial charge in [0.15, 0.2) is 11.6 Å². The summed E-state index contributed by atoms with van der Waals surface area (Å²) in [6, 6.07) is 19.7. The van der Waals surface area contributed by atoms with Gasteiger partial charge in [-0.3, -0.25) is 4.72 Å². The second-order valence-electron chi connectivity index (χ2n) is 7.24. The average molecular weight is 453 g/mol. The second kappa shape index (κ2) is 8.53. The van der Waals surface area contributed by atoms with Crippen molar-refractivity contribution < 1.29 is 8.42 Å². The van der Waals surface area contributed by atoms with Crippen molar-refractivity contribution in [1.29, 1.82) is 0 Å². The number of para-hydroxylation sites is 2. The smallest absolute Gasteiger partial charge is 0.263 e. The van der Waals surface area contributed by atoms with Crippen molar-refractivity contribution in [3.05, 3.63) is 88.4 Å². The number of hydrogen-bond acceptors (Lipinski definition) is 5. The van der Waals surface area contributed by atoms with Crippen LogP contribution in [0, 0.1) is 13.8 Å². The largest absolute Gasteiger partial charge is 0.363 e. The van der Waals surface area contributed by atoms with Crippen LogP contribution in [0.5, 0.6) is 0 Å². The van der Waals surface area contributed by atoms with Gasteiger partial charge in [0.1, 0.15) is 0 Å². The molecule has 2 N–H and O–H groups in total. The summed E-state index contributed by atoms with van der Waals surface area (Å²) in [5.74, 6) is 0.493. The number of hydrogen-bond donors (Lipinski definition) is 2. The normalized spacial score (nSPS) is 11.5. The van der Waals surface area contributed by atoms with Crippen molar-refractivity contribution in [3.8, 4) is 0 Å². The molecule has 0 spiro atoms. The molecule has 0 aliphatic rings. The number of anilines is 2. The first-order valence-corrected chi connectivity index (χ1v) is 11.5. The van der Waals surface area contributed by atoms with Crippen LogP contribution in [0.4, 0.5) is 11.6 Å². The van der Waals surface area contributed by atoms with Crippen molar-refractivity contribution in [2.45, 2.75) is 25.3 Å². The van der Waals surface area contributed by atoms with Crippen molar-refractivity contribution >= 4 is 44.3 Å². The minimum Gasteiger partial charge on any atom is -0.363 e. The van der Waals surface area contributed by atoms with E-state index in [9.17, 15) is 8.42 Å². The maximum absolute atomic E-state index is 13.0. The summed E-state index contributed by atoms with van der Waals surface area (Å²) in [4.78, 5) is 9.28. The van der Waals surface area contributed by atoms with E-state index in [1.807, 2.05) is 44.2 Å². The van der Waals surface area contributed by atoms with Gasteiger partial charge < -0.3 is 5.32 Å². The molecule has 1 aromatic heterocycles. The van der Waals surface area contributed by atoms with Crippen molar-refractivity contribution in [2.24, 2.45) is 0 Å². The van der Waals surface area contributed by atoms with Crippen LogP contribution in [0.1, 0.15) is 16.7 Å². The Morgan fingerprint density at radius 3 is 2.13 bits per heavy atom. The monoisotopic (exact) mass is 452 g/mol. The van der Waals surface area contributed by atoms with E-state index in [1.54, 1.807) is 36.4 Å². The van der Waals surface area contributed by atoms with Crippen molar-refractivity contribution in [2.75, 3.05) is 10.0 Å². The SMILES string of the molecule is Cc1ccc(S(=O)(=O)Nc2nc3ccccc3nc2NCc2ccc(Cl)cc2)cc1C. The van der Waals surface area contributed by atoms with Crippen LogP contribution in [-0.4, -0.2) is 18.4 Å². The predicted octanol–water partition coefficient (Wildman–Crippen LogP) is 5.31. The first-order chi connectivity index (χ1) is 14.8. The number of benzene rings is 3. The number of fused-ring (bicyclic) bond motifs is 1. The Morgan fingerprint density at radius 2 is 1.48 bits per heavy atom. The van der Waals surface area contributed by atoms with Crippen molar-refractivity contribution in [3.63, 3.8) is 0 Å². The van der Waals surface area contributed by atoms with Gasteiger partial charge in [-0.05, 0) is 66.9 Å². The highest BCUT2D eigenvalue weighted by Gasteiger charge is 2.19. The molecular weight excluding hydrogens is 432 g/mol. The molecule has 6 nitrogen and oxygen atoms in total. The zero-order valence-electron chi connectivity index (χ0n) is 17.1. The van der Waals surface area contributed by atoms with Crippen LogP contribution in [0.3, 0.4) is 0 Å². The van der Waals surface area contributed by atoms with Crippen LogP contribution in [-0.2, 0) is 16.6 Å². The molecule has 0 saturated carbocycles. The molecule has 0 fully saturated rings. The van der Waals surface area contributed by atoms with Gasteiger partial charge in [0.2, 0.25) is 0 Å². The second-order valence-corrected chi connectivity index (χ2v) is 9.36. The van der Waals surface area contributed by atoms with E-state index in [-0.39, 0.29) is 10.7 Å². The van der Waals surface area contributed by atoms with E-state index in [2.05, 4.69) is 20.0 Å². The Bertz CT molecular complexity index is 1360. The minimum absolute atomic E-state index is 0.144. The molecule has 31 heavy (non-hydrogen) atoms. The van der Waals surface area contributed by atoms with E-state index >= 15 is 0 Å². The maximum atomic E-state index is 13.0. The number of aromatic nitrogens is 2. The lowest BCUT2D eigenvalue weighted by molar-refractivity contribution is 0.601. The number of rotatable bonds is 6. The lowest BCUT2D eigenvalue weighted by Gasteiger charge is -2.14. The highest BCUT2D eigenvalue weighted by atomic mass is 35.5. The minimum atomic E-state index is -3.84. The number of halogens is 1. The molecule has 3 aromatic carbocycles. The van der Waals surface area contributed by atoms with Gasteiger partial charge in [-0.1, -0.05) is 41.9 Å². The fourth-order valence-corrected chi connectivity index (χ4v) is 4.27. The highest BCUT2D eigenvalue weighted by Crippen LogP contribution is 2.25. The first kappa shape index (κ1) is 21.1. The van der Waals surface area contributed by atoms with Gasteiger partial charge in [-0.2, -0.15) is 0 Å². The summed E-state index contributed by atoms with van der Waals surface area (Å²) in [5.41, 5.74) is 4.15. The quantitative estimate of drug-likeness (QED) is 0.414. The molecule has 0 saturated heterocycles. The summed E-state index contributed by atoms with van der Waals surface area (Å²) in [7, 11) is -3.84. The summed E-state index contributed by atoms with van der Waals surface area (Å²) in [6.07, 6.45) is 0. The van der Waals surface area contributed by atoms with E-state index in [0.29, 0.717) is 28.4 Å². The average Bonchev–Trinajstić information content (AvgIpc) is 2.75. The highest BCUT2D eigenvalue weighted by molar-refractivity contribution is 7.92.